The van der Waals surface area contributed by atoms with E-state index in [4.69, 9.17) is 5.11 Å². The highest BCUT2D eigenvalue weighted by Gasteiger charge is 2.27. The second-order valence-corrected chi connectivity index (χ2v) is 5.94. The Labute approximate surface area is 128 Å². The highest BCUT2D eigenvalue weighted by Crippen LogP contribution is 2.24. The van der Waals surface area contributed by atoms with Crippen LogP contribution in [0.2, 0.25) is 0 Å². The minimum Gasteiger partial charge on any atom is -0.481 e. The SMILES string of the molecule is Cc1[nH]c2ccccc2c1CC(=O)N1CCC(C(=O)O)CC1. The number of amides is 1. The summed E-state index contributed by atoms with van der Waals surface area (Å²) >= 11 is 0. The molecule has 0 aliphatic carbocycles. The smallest absolute Gasteiger partial charge is 0.306 e. The Kier molecular flexibility index (Phi) is 3.88. The molecule has 1 aliphatic rings. The number of nitrogens with one attached hydrogen (secondary N) is 1. The third kappa shape index (κ3) is 2.71. The van der Waals surface area contributed by atoms with Crippen molar-refractivity contribution < 1.29 is 14.7 Å². The number of carbonyl (C=O) groups is 2. The molecular formula is C17H20N2O3. The van der Waals surface area contributed by atoms with Crippen LogP contribution in [0.5, 0.6) is 0 Å². The number of benzene rings is 1. The number of aromatic amines is 1. The zero-order chi connectivity index (χ0) is 15.7. The van der Waals surface area contributed by atoms with Gasteiger partial charge in [0.2, 0.25) is 5.91 Å². The molecule has 116 valence electrons. The standard InChI is InChI=1S/C17H20N2O3/c1-11-14(13-4-2-3-5-15(13)18-11)10-16(20)19-8-6-12(7-9-19)17(21)22/h2-5,12,18H,6-10H2,1H3,(H,21,22). The van der Waals surface area contributed by atoms with Crippen molar-refractivity contribution in [3.05, 3.63) is 35.5 Å². The molecule has 1 saturated heterocycles. The van der Waals surface area contributed by atoms with Crippen molar-refractivity contribution in [2.24, 2.45) is 5.92 Å². The molecule has 3 rings (SSSR count). The number of nitrogens with zero attached hydrogens (tertiary/aromatic N) is 1. The number of likely N-dealkylation sites (tertiary alicyclic amines) is 1. The van der Waals surface area contributed by atoms with Crippen LogP contribution in [0.1, 0.15) is 24.1 Å². The molecule has 0 radical (unpaired) electrons. The zero-order valence-electron chi connectivity index (χ0n) is 12.6. The zero-order valence-corrected chi connectivity index (χ0v) is 12.6. The van der Waals surface area contributed by atoms with E-state index in [1.807, 2.05) is 31.2 Å². The number of carboxylic acids is 1. The molecule has 2 aromatic rings. The largest absolute Gasteiger partial charge is 0.481 e. The average Bonchev–Trinajstić information content (AvgIpc) is 2.83. The van der Waals surface area contributed by atoms with Crippen LogP contribution in [0.15, 0.2) is 24.3 Å². The molecule has 5 heteroatoms. The third-order valence-corrected chi connectivity index (χ3v) is 4.55. The van der Waals surface area contributed by atoms with E-state index in [1.54, 1.807) is 4.90 Å². The fourth-order valence-corrected chi connectivity index (χ4v) is 3.20. The van der Waals surface area contributed by atoms with Crippen molar-refractivity contribution in [2.75, 3.05) is 13.1 Å². The van der Waals surface area contributed by atoms with E-state index in [9.17, 15) is 9.59 Å². The first kappa shape index (κ1) is 14.6. The summed E-state index contributed by atoms with van der Waals surface area (Å²) < 4.78 is 0. The van der Waals surface area contributed by atoms with Gasteiger partial charge in [-0.15, -0.1) is 0 Å². The number of aromatic nitrogens is 1. The summed E-state index contributed by atoms with van der Waals surface area (Å²) in [7, 11) is 0. The van der Waals surface area contributed by atoms with Crippen molar-refractivity contribution >= 4 is 22.8 Å². The normalized spacial score (nSPS) is 16.1. The van der Waals surface area contributed by atoms with Crippen molar-refractivity contribution in [2.45, 2.75) is 26.2 Å². The fraction of sp³-hybridized carbons (Fsp3) is 0.412. The van der Waals surface area contributed by atoms with Gasteiger partial charge in [-0.3, -0.25) is 9.59 Å². The summed E-state index contributed by atoms with van der Waals surface area (Å²) in [4.78, 5) is 28.6. The highest BCUT2D eigenvalue weighted by molar-refractivity contribution is 5.90. The van der Waals surface area contributed by atoms with Crippen molar-refractivity contribution in [1.29, 1.82) is 0 Å². The molecule has 5 nitrogen and oxygen atoms in total. The maximum Gasteiger partial charge on any atom is 0.306 e. The maximum absolute atomic E-state index is 12.5. The summed E-state index contributed by atoms with van der Waals surface area (Å²) in [6, 6.07) is 7.98. The lowest BCUT2D eigenvalue weighted by atomic mass is 9.96. The molecule has 22 heavy (non-hydrogen) atoms. The first-order valence-corrected chi connectivity index (χ1v) is 7.63. The lowest BCUT2D eigenvalue weighted by Crippen LogP contribution is -2.41. The highest BCUT2D eigenvalue weighted by atomic mass is 16.4. The lowest BCUT2D eigenvalue weighted by Gasteiger charge is -2.30. The second-order valence-electron chi connectivity index (χ2n) is 5.94. The Balaban J connectivity index is 1.72. The van der Waals surface area contributed by atoms with Gasteiger partial charge >= 0.3 is 5.97 Å². The predicted octanol–water partition coefficient (Wildman–Crippen LogP) is 2.34. The molecule has 1 fully saturated rings. The number of aliphatic carboxylic acids is 1. The van der Waals surface area contributed by atoms with Crippen molar-refractivity contribution in [3.63, 3.8) is 0 Å². The van der Waals surface area contributed by atoms with Crippen LogP contribution in [0, 0.1) is 12.8 Å². The van der Waals surface area contributed by atoms with E-state index >= 15 is 0 Å². The van der Waals surface area contributed by atoms with Crippen LogP contribution in [0.25, 0.3) is 10.9 Å². The van der Waals surface area contributed by atoms with Gasteiger partial charge in [0, 0.05) is 29.7 Å². The molecule has 2 heterocycles. The number of hydrogen-bond acceptors (Lipinski definition) is 2. The van der Waals surface area contributed by atoms with Gasteiger partial charge in [-0.1, -0.05) is 18.2 Å². The van der Waals surface area contributed by atoms with E-state index in [0.717, 1.165) is 22.2 Å². The molecule has 1 aromatic heterocycles. The number of carbonyl (C=O) groups excluding carboxylic acids is 1. The summed E-state index contributed by atoms with van der Waals surface area (Å²) in [5, 5.41) is 10.1. The van der Waals surface area contributed by atoms with Gasteiger partial charge in [-0.25, -0.2) is 0 Å². The lowest BCUT2D eigenvalue weighted by molar-refractivity contribution is -0.145. The van der Waals surface area contributed by atoms with E-state index < -0.39 is 5.97 Å². The van der Waals surface area contributed by atoms with E-state index in [-0.39, 0.29) is 11.8 Å². The molecule has 1 aliphatic heterocycles. The van der Waals surface area contributed by atoms with Gasteiger partial charge in [0.1, 0.15) is 0 Å². The summed E-state index contributed by atoms with van der Waals surface area (Å²) in [5.74, 6) is -0.977. The molecule has 1 aromatic carbocycles. The molecule has 0 unspecified atom stereocenters. The van der Waals surface area contributed by atoms with E-state index in [1.165, 1.54) is 0 Å². The monoisotopic (exact) mass is 300 g/mol. The number of H-pyrrole nitrogens is 1. The number of para-hydroxylation sites is 1. The molecule has 0 bridgehead atoms. The Morgan fingerprint density at radius 2 is 1.95 bits per heavy atom. The van der Waals surface area contributed by atoms with Crippen LogP contribution >= 0.6 is 0 Å². The second kappa shape index (κ2) is 5.83. The topological polar surface area (TPSA) is 73.4 Å². The van der Waals surface area contributed by atoms with Gasteiger partial charge in [0.15, 0.2) is 0 Å². The van der Waals surface area contributed by atoms with Crippen LogP contribution in [0.3, 0.4) is 0 Å². The summed E-state index contributed by atoms with van der Waals surface area (Å²) in [5.41, 5.74) is 3.11. The molecule has 0 atom stereocenters. The number of fused-ring (bicyclic) bond motifs is 1. The van der Waals surface area contributed by atoms with Gasteiger partial charge in [-0.2, -0.15) is 0 Å². The van der Waals surface area contributed by atoms with E-state index in [2.05, 4.69) is 4.98 Å². The minimum absolute atomic E-state index is 0.0803. The number of hydrogen-bond donors (Lipinski definition) is 2. The van der Waals surface area contributed by atoms with Crippen molar-refractivity contribution in [3.8, 4) is 0 Å². The summed E-state index contributed by atoms with van der Waals surface area (Å²) in [6.45, 7) is 3.06. The minimum atomic E-state index is -0.750. The molecule has 0 saturated carbocycles. The molecule has 1 amide bonds. The van der Waals surface area contributed by atoms with Gasteiger partial charge in [0.25, 0.3) is 0 Å². The Morgan fingerprint density at radius 1 is 1.27 bits per heavy atom. The van der Waals surface area contributed by atoms with Crippen molar-refractivity contribution in [1.82, 2.24) is 9.88 Å². The number of aryl methyl sites for hydroxylation is 1. The van der Waals surface area contributed by atoms with Gasteiger partial charge in [-0.05, 0) is 31.4 Å². The van der Waals surface area contributed by atoms with Crippen LogP contribution in [-0.4, -0.2) is 40.0 Å². The Hall–Kier alpha value is -2.30. The third-order valence-electron chi connectivity index (χ3n) is 4.55. The number of piperidine rings is 1. The fourth-order valence-electron chi connectivity index (χ4n) is 3.20. The van der Waals surface area contributed by atoms with E-state index in [0.29, 0.717) is 32.4 Å². The summed E-state index contributed by atoms with van der Waals surface area (Å²) in [6.07, 6.45) is 1.47. The van der Waals surface area contributed by atoms with Crippen LogP contribution in [0.4, 0.5) is 0 Å². The quantitative estimate of drug-likeness (QED) is 0.913. The predicted molar refractivity (Wildman–Crippen MR) is 83.7 cm³/mol. The van der Waals surface area contributed by atoms with Crippen LogP contribution in [-0.2, 0) is 16.0 Å². The molecule has 2 N–H and O–H groups in total. The molecular weight excluding hydrogens is 280 g/mol. The van der Waals surface area contributed by atoms with Crippen LogP contribution < -0.4 is 0 Å². The first-order valence-electron chi connectivity index (χ1n) is 7.63. The first-order chi connectivity index (χ1) is 10.6. The van der Waals surface area contributed by atoms with Gasteiger partial charge < -0.3 is 15.0 Å². The maximum atomic E-state index is 12.5. The number of carboxylic acid groups (broad SMARTS) is 1. The Bertz CT molecular complexity index is 712. The number of rotatable bonds is 3. The average molecular weight is 300 g/mol. The Morgan fingerprint density at radius 3 is 2.64 bits per heavy atom. The van der Waals surface area contributed by atoms with Gasteiger partial charge in [0.05, 0.1) is 12.3 Å². The molecule has 0 spiro atoms.